The highest BCUT2D eigenvalue weighted by Gasteiger charge is 2.14. The second-order valence-corrected chi connectivity index (χ2v) is 8.37. The van der Waals surface area contributed by atoms with Crippen LogP contribution in [0.1, 0.15) is 11.1 Å². The second kappa shape index (κ2) is 14.7. The third kappa shape index (κ3) is 8.24. The number of ether oxygens (including phenoxy) is 4. The van der Waals surface area contributed by atoms with Crippen LogP contribution in [-0.4, -0.2) is 51.7 Å². The van der Waals surface area contributed by atoms with Crippen molar-refractivity contribution in [2.45, 2.75) is 0 Å². The van der Waals surface area contributed by atoms with Gasteiger partial charge in [-0.05, 0) is 67.3 Å². The number of halogens is 2. The van der Waals surface area contributed by atoms with E-state index in [0.717, 1.165) is 0 Å². The zero-order chi connectivity index (χ0) is 26.5. The quantitative estimate of drug-likeness (QED) is 0.160. The van der Waals surface area contributed by atoms with Crippen LogP contribution in [0.4, 0.5) is 0 Å². The van der Waals surface area contributed by atoms with E-state index in [1.54, 1.807) is 36.4 Å². The number of methoxy groups -OCH3 is 2. The van der Waals surface area contributed by atoms with E-state index in [2.05, 4.69) is 66.1 Å². The van der Waals surface area contributed by atoms with Crippen LogP contribution < -0.4 is 29.8 Å². The largest absolute Gasteiger partial charge is 0.493 e. The van der Waals surface area contributed by atoms with Gasteiger partial charge in [-0.25, -0.2) is 10.9 Å². The highest BCUT2D eigenvalue weighted by molar-refractivity contribution is 9.11. The SMILES string of the molecule is C=CCOc1c(Br)cc(C=NNC(=O)C(=O)N/N=C/c2cc(Br)c(OCC=C)c(OC)c2)cc1OC. The summed E-state index contributed by atoms with van der Waals surface area (Å²) in [6, 6.07) is 6.73. The van der Waals surface area contributed by atoms with Crippen LogP contribution in [0.2, 0.25) is 0 Å². The first-order valence-corrected chi connectivity index (χ1v) is 11.8. The Balaban J connectivity index is 1.98. The predicted molar refractivity (Wildman–Crippen MR) is 144 cm³/mol. The molecule has 0 radical (unpaired) electrons. The van der Waals surface area contributed by atoms with Gasteiger partial charge in [-0.2, -0.15) is 10.2 Å². The maximum atomic E-state index is 12.0. The zero-order valence-corrected chi connectivity index (χ0v) is 22.7. The molecular formula is C24H24Br2N4O6. The topological polar surface area (TPSA) is 120 Å². The summed E-state index contributed by atoms with van der Waals surface area (Å²) in [6.07, 6.45) is 5.91. The lowest BCUT2D eigenvalue weighted by atomic mass is 10.2. The van der Waals surface area contributed by atoms with Gasteiger partial charge in [-0.15, -0.1) is 0 Å². The van der Waals surface area contributed by atoms with E-state index in [-0.39, 0.29) is 0 Å². The first kappa shape index (κ1) is 28.6. The first-order chi connectivity index (χ1) is 17.3. The number of hydrogen-bond donors (Lipinski definition) is 2. The molecule has 2 amide bonds. The summed E-state index contributed by atoms with van der Waals surface area (Å²) in [4.78, 5) is 24.0. The molecule has 2 rings (SSSR count). The Bertz CT molecular complexity index is 1090. The summed E-state index contributed by atoms with van der Waals surface area (Å²) in [5.41, 5.74) is 5.44. The molecule has 0 atom stereocenters. The Morgan fingerprint density at radius 1 is 0.806 bits per heavy atom. The van der Waals surface area contributed by atoms with Crippen molar-refractivity contribution in [3.05, 3.63) is 69.6 Å². The number of carbonyl (C=O) groups is 2. The van der Waals surface area contributed by atoms with Crippen molar-refractivity contribution >= 4 is 56.1 Å². The minimum absolute atomic E-state index is 0.302. The van der Waals surface area contributed by atoms with E-state index in [1.807, 2.05) is 0 Å². The van der Waals surface area contributed by atoms with Crippen LogP contribution in [0.3, 0.4) is 0 Å². The van der Waals surface area contributed by atoms with Crippen molar-refractivity contribution in [1.82, 2.24) is 10.9 Å². The maximum absolute atomic E-state index is 12.0. The molecule has 0 saturated heterocycles. The summed E-state index contributed by atoms with van der Waals surface area (Å²) in [6.45, 7) is 7.82. The molecule has 2 N–H and O–H groups in total. The average molecular weight is 624 g/mol. The minimum atomic E-state index is -1.01. The van der Waals surface area contributed by atoms with E-state index in [1.165, 1.54) is 26.6 Å². The van der Waals surface area contributed by atoms with Gasteiger partial charge in [0.15, 0.2) is 23.0 Å². The van der Waals surface area contributed by atoms with Crippen LogP contribution in [0.15, 0.2) is 68.7 Å². The van der Waals surface area contributed by atoms with E-state index in [9.17, 15) is 9.59 Å². The molecule has 10 nitrogen and oxygen atoms in total. The molecule has 36 heavy (non-hydrogen) atoms. The Morgan fingerprint density at radius 3 is 1.53 bits per heavy atom. The Morgan fingerprint density at radius 2 is 1.19 bits per heavy atom. The van der Waals surface area contributed by atoms with Gasteiger partial charge in [0.2, 0.25) is 0 Å². The number of benzene rings is 2. The van der Waals surface area contributed by atoms with Crippen molar-refractivity contribution in [2.75, 3.05) is 27.4 Å². The molecular weight excluding hydrogens is 600 g/mol. The van der Waals surface area contributed by atoms with Gasteiger partial charge in [0.05, 0.1) is 35.6 Å². The number of amides is 2. The molecule has 0 fully saturated rings. The Hall–Kier alpha value is -3.64. The molecule has 0 aliphatic rings. The highest BCUT2D eigenvalue weighted by atomic mass is 79.9. The van der Waals surface area contributed by atoms with Gasteiger partial charge in [0, 0.05) is 0 Å². The van der Waals surface area contributed by atoms with Crippen LogP contribution in [-0.2, 0) is 9.59 Å². The normalized spacial score (nSPS) is 10.7. The fraction of sp³-hybridized carbons (Fsp3) is 0.167. The van der Waals surface area contributed by atoms with Crippen molar-refractivity contribution in [1.29, 1.82) is 0 Å². The third-order valence-electron chi connectivity index (χ3n) is 4.16. The molecule has 2 aromatic carbocycles. The van der Waals surface area contributed by atoms with Crippen LogP contribution in [0, 0.1) is 0 Å². The van der Waals surface area contributed by atoms with Crippen molar-refractivity contribution < 1.29 is 28.5 Å². The standard InChI is InChI=1S/C24H24Br2N4O6/c1-5-7-35-21-17(25)9-15(11-19(21)33-3)13-27-29-23(31)24(32)30-28-14-16-10-18(26)22(36-8-6-2)20(12-16)34-4/h5-6,9-14H,1-2,7-8H2,3-4H3,(H,29,31)(H,30,32)/b27-13+,28-14?. The summed E-state index contributed by atoms with van der Waals surface area (Å²) < 4.78 is 23.0. The Kier molecular flexibility index (Phi) is 11.7. The summed E-state index contributed by atoms with van der Waals surface area (Å²) in [5.74, 6) is -0.109. The van der Waals surface area contributed by atoms with E-state index in [4.69, 9.17) is 18.9 Å². The lowest BCUT2D eigenvalue weighted by Gasteiger charge is -2.12. The molecule has 0 heterocycles. The molecule has 190 valence electrons. The number of nitrogens with zero attached hydrogens (tertiary/aromatic N) is 2. The monoisotopic (exact) mass is 622 g/mol. The molecule has 2 aromatic rings. The number of hydrogen-bond acceptors (Lipinski definition) is 8. The van der Waals surface area contributed by atoms with Gasteiger partial charge in [0.1, 0.15) is 13.2 Å². The number of nitrogens with one attached hydrogen (secondary N) is 2. The maximum Gasteiger partial charge on any atom is 0.331 e. The summed E-state index contributed by atoms with van der Waals surface area (Å²) >= 11 is 6.80. The van der Waals surface area contributed by atoms with Crippen molar-refractivity contribution in [3.8, 4) is 23.0 Å². The molecule has 0 saturated carbocycles. The second-order valence-electron chi connectivity index (χ2n) is 6.67. The van der Waals surface area contributed by atoms with Gasteiger partial charge in [0.25, 0.3) is 0 Å². The molecule has 0 spiro atoms. The van der Waals surface area contributed by atoms with Gasteiger partial charge >= 0.3 is 11.8 Å². The third-order valence-corrected chi connectivity index (χ3v) is 5.34. The van der Waals surface area contributed by atoms with E-state index >= 15 is 0 Å². The predicted octanol–water partition coefficient (Wildman–Crippen LogP) is 3.96. The molecule has 0 aliphatic carbocycles. The summed E-state index contributed by atoms with van der Waals surface area (Å²) in [7, 11) is 2.99. The summed E-state index contributed by atoms with van der Waals surface area (Å²) in [5, 5.41) is 7.58. The first-order valence-electron chi connectivity index (χ1n) is 10.2. The minimum Gasteiger partial charge on any atom is -0.493 e. The highest BCUT2D eigenvalue weighted by Crippen LogP contribution is 2.37. The van der Waals surface area contributed by atoms with Crippen LogP contribution in [0.25, 0.3) is 0 Å². The fourth-order valence-corrected chi connectivity index (χ4v) is 3.77. The average Bonchev–Trinajstić information content (AvgIpc) is 2.86. The van der Waals surface area contributed by atoms with E-state index in [0.29, 0.717) is 56.3 Å². The smallest absolute Gasteiger partial charge is 0.331 e. The van der Waals surface area contributed by atoms with Crippen molar-refractivity contribution in [2.24, 2.45) is 10.2 Å². The number of carbonyl (C=O) groups excluding carboxylic acids is 2. The number of rotatable bonds is 12. The van der Waals surface area contributed by atoms with Gasteiger partial charge < -0.3 is 18.9 Å². The lowest BCUT2D eigenvalue weighted by molar-refractivity contribution is -0.139. The molecule has 0 aromatic heterocycles. The molecule has 0 bridgehead atoms. The van der Waals surface area contributed by atoms with Gasteiger partial charge in [-0.3, -0.25) is 9.59 Å². The number of hydrazone groups is 2. The fourth-order valence-electron chi connectivity index (χ4n) is 2.63. The van der Waals surface area contributed by atoms with Crippen molar-refractivity contribution in [3.63, 3.8) is 0 Å². The zero-order valence-electron chi connectivity index (χ0n) is 19.5. The van der Waals surface area contributed by atoms with E-state index < -0.39 is 11.8 Å². The van der Waals surface area contributed by atoms with Crippen LogP contribution in [0.5, 0.6) is 23.0 Å². The lowest BCUT2D eigenvalue weighted by Crippen LogP contribution is -2.35. The Labute approximate surface area is 225 Å². The molecule has 12 heteroatoms. The van der Waals surface area contributed by atoms with Crippen LogP contribution >= 0.6 is 31.9 Å². The molecule has 0 unspecified atom stereocenters. The van der Waals surface area contributed by atoms with Gasteiger partial charge in [-0.1, -0.05) is 25.3 Å². The molecule has 0 aliphatic heterocycles.